The molecule has 106 valence electrons. The SMILES string of the molecule is COC(=O)c1cccc(NC(=S)NNC(=O)C2CC2)c1. The number of carbonyl (C=O) groups excluding carboxylic acids is 2. The van der Waals surface area contributed by atoms with E-state index < -0.39 is 5.97 Å². The van der Waals surface area contributed by atoms with Crippen molar-refractivity contribution in [3.05, 3.63) is 29.8 Å². The standard InChI is InChI=1S/C13H15N3O3S/c1-19-12(18)9-3-2-4-10(7-9)14-13(20)16-15-11(17)8-5-6-8/h2-4,7-8H,5-6H2,1H3,(H,15,17)(H2,14,16,20). The van der Waals surface area contributed by atoms with Crippen LogP contribution in [0.3, 0.4) is 0 Å². The number of esters is 1. The molecule has 6 nitrogen and oxygen atoms in total. The van der Waals surface area contributed by atoms with Crippen LogP contribution in [0.15, 0.2) is 24.3 Å². The van der Waals surface area contributed by atoms with E-state index in [-0.39, 0.29) is 16.9 Å². The molecule has 0 heterocycles. The number of ether oxygens (including phenoxy) is 1. The molecule has 1 amide bonds. The molecule has 7 heteroatoms. The molecule has 0 spiro atoms. The number of hydrogen-bond donors (Lipinski definition) is 3. The summed E-state index contributed by atoms with van der Waals surface area (Å²) < 4.78 is 4.64. The summed E-state index contributed by atoms with van der Waals surface area (Å²) in [6.07, 6.45) is 1.85. The molecule has 0 radical (unpaired) electrons. The van der Waals surface area contributed by atoms with Gasteiger partial charge in [0, 0.05) is 11.6 Å². The summed E-state index contributed by atoms with van der Waals surface area (Å²) in [6, 6.07) is 6.72. The van der Waals surface area contributed by atoms with E-state index in [0.29, 0.717) is 11.3 Å². The normalized spacial score (nSPS) is 13.2. The minimum Gasteiger partial charge on any atom is -0.465 e. The number of thiocarbonyl (C=S) groups is 1. The van der Waals surface area contributed by atoms with E-state index >= 15 is 0 Å². The number of nitrogens with one attached hydrogen (secondary N) is 3. The highest BCUT2D eigenvalue weighted by molar-refractivity contribution is 7.80. The van der Waals surface area contributed by atoms with Crippen LogP contribution in [0, 0.1) is 5.92 Å². The lowest BCUT2D eigenvalue weighted by atomic mass is 10.2. The summed E-state index contributed by atoms with van der Waals surface area (Å²) in [4.78, 5) is 22.8. The fourth-order valence-electron chi connectivity index (χ4n) is 1.57. The van der Waals surface area contributed by atoms with Crippen molar-refractivity contribution in [2.24, 2.45) is 5.92 Å². The van der Waals surface area contributed by atoms with Crippen LogP contribution in [0.25, 0.3) is 0 Å². The zero-order chi connectivity index (χ0) is 14.5. The maximum atomic E-state index is 11.4. The molecule has 2 rings (SSSR count). The maximum Gasteiger partial charge on any atom is 0.337 e. The molecule has 1 aliphatic carbocycles. The minimum absolute atomic E-state index is 0.0579. The highest BCUT2D eigenvalue weighted by Gasteiger charge is 2.29. The summed E-state index contributed by atoms with van der Waals surface area (Å²) in [5.41, 5.74) is 6.20. The first-order chi connectivity index (χ1) is 9.60. The Morgan fingerprint density at radius 1 is 1.30 bits per heavy atom. The van der Waals surface area contributed by atoms with Gasteiger partial charge in [0.05, 0.1) is 12.7 Å². The number of benzene rings is 1. The van der Waals surface area contributed by atoms with E-state index in [1.165, 1.54) is 7.11 Å². The first kappa shape index (κ1) is 14.3. The van der Waals surface area contributed by atoms with Gasteiger partial charge in [-0.1, -0.05) is 6.07 Å². The Kier molecular flexibility index (Phi) is 4.52. The molecule has 0 aromatic heterocycles. The Hall–Kier alpha value is -2.15. The van der Waals surface area contributed by atoms with Crippen LogP contribution in [-0.4, -0.2) is 24.1 Å². The number of hydrazine groups is 1. The molecule has 0 aliphatic heterocycles. The van der Waals surface area contributed by atoms with Crippen LogP contribution in [0.1, 0.15) is 23.2 Å². The Labute approximate surface area is 121 Å². The Bertz CT molecular complexity index is 543. The number of rotatable bonds is 3. The van der Waals surface area contributed by atoms with Gasteiger partial charge in [0.1, 0.15) is 0 Å². The third-order valence-electron chi connectivity index (χ3n) is 2.79. The Balaban J connectivity index is 1.86. The van der Waals surface area contributed by atoms with Gasteiger partial charge in [0.2, 0.25) is 5.91 Å². The van der Waals surface area contributed by atoms with E-state index in [9.17, 15) is 9.59 Å². The molecule has 1 aromatic carbocycles. The van der Waals surface area contributed by atoms with Crippen LogP contribution < -0.4 is 16.2 Å². The molecule has 1 aliphatic rings. The molecular formula is C13H15N3O3S. The lowest BCUT2D eigenvalue weighted by molar-refractivity contribution is -0.122. The van der Waals surface area contributed by atoms with Gasteiger partial charge in [-0.3, -0.25) is 15.6 Å². The first-order valence-corrected chi connectivity index (χ1v) is 6.56. The first-order valence-electron chi connectivity index (χ1n) is 6.15. The van der Waals surface area contributed by atoms with Gasteiger partial charge in [-0.05, 0) is 43.3 Å². The molecule has 20 heavy (non-hydrogen) atoms. The van der Waals surface area contributed by atoms with Crippen LogP contribution in [-0.2, 0) is 9.53 Å². The second-order valence-electron chi connectivity index (χ2n) is 4.42. The Morgan fingerprint density at radius 2 is 2.05 bits per heavy atom. The summed E-state index contributed by atoms with van der Waals surface area (Å²) in [7, 11) is 1.32. The summed E-state index contributed by atoms with van der Waals surface area (Å²) in [5, 5.41) is 3.12. The van der Waals surface area contributed by atoms with Crippen LogP contribution >= 0.6 is 12.2 Å². The number of hydrogen-bond acceptors (Lipinski definition) is 4. The molecular weight excluding hydrogens is 278 g/mol. The lowest BCUT2D eigenvalue weighted by Crippen LogP contribution is -2.44. The number of carbonyl (C=O) groups is 2. The number of amides is 1. The summed E-state index contributed by atoms with van der Waals surface area (Å²) >= 11 is 5.05. The van der Waals surface area contributed by atoms with E-state index in [4.69, 9.17) is 12.2 Å². The second-order valence-corrected chi connectivity index (χ2v) is 4.82. The van der Waals surface area contributed by atoms with Crippen molar-refractivity contribution < 1.29 is 14.3 Å². The van der Waals surface area contributed by atoms with Crippen molar-refractivity contribution >= 4 is 34.9 Å². The molecule has 1 fully saturated rings. The zero-order valence-corrected chi connectivity index (χ0v) is 11.8. The molecule has 0 atom stereocenters. The third-order valence-corrected chi connectivity index (χ3v) is 2.99. The van der Waals surface area contributed by atoms with Crippen molar-refractivity contribution in [1.82, 2.24) is 10.9 Å². The van der Waals surface area contributed by atoms with E-state index in [2.05, 4.69) is 20.9 Å². The average Bonchev–Trinajstić information content (AvgIpc) is 3.28. The highest BCUT2D eigenvalue weighted by Crippen LogP contribution is 2.28. The van der Waals surface area contributed by atoms with E-state index in [1.807, 2.05) is 0 Å². The van der Waals surface area contributed by atoms with Crippen molar-refractivity contribution in [3.8, 4) is 0 Å². The largest absolute Gasteiger partial charge is 0.465 e. The zero-order valence-electron chi connectivity index (χ0n) is 10.9. The highest BCUT2D eigenvalue weighted by atomic mass is 32.1. The number of anilines is 1. The minimum atomic E-state index is -0.422. The van der Waals surface area contributed by atoms with Gasteiger partial charge in [0.25, 0.3) is 0 Å². The summed E-state index contributed by atoms with van der Waals surface area (Å²) in [6.45, 7) is 0. The monoisotopic (exact) mass is 293 g/mol. The van der Waals surface area contributed by atoms with E-state index in [0.717, 1.165) is 12.8 Å². The van der Waals surface area contributed by atoms with Gasteiger partial charge in [-0.15, -0.1) is 0 Å². The van der Waals surface area contributed by atoms with Crippen LogP contribution in [0.5, 0.6) is 0 Å². The molecule has 0 unspecified atom stereocenters. The smallest absolute Gasteiger partial charge is 0.337 e. The van der Waals surface area contributed by atoms with Crippen molar-refractivity contribution in [2.45, 2.75) is 12.8 Å². The molecule has 0 saturated heterocycles. The van der Waals surface area contributed by atoms with Crippen molar-refractivity contribution in [2.75, 3.05) is 12.4 Å². The van der Waals surface area contributed by atoms with Gasteiger partial charge in [-0.25, -0.2) is 4.79 Å². The number of methoxy groups -OCH3 is 1. The average molecular weight is 293 g/mol. The van der Waals surface area contributed by atoms with Crippen molar-refractivity contribution in [1.29, 1.82) is 0 Å². The van der Waals surface area contributed by atoms with Gasteiger partial charge < -0.3 is 10.1 Å². The molecule has 3 N–H and O–H groups in total. The molecule has 1 saturated carbocycles. The Morgan fingerprint density at radius 3 is 2.70 bits per heavy atom. The molecule has 0 bridgehead atoms. The predicted molar refractivity (Wildman–Crippen MR) is 78.0 cm³/mol. The lowest BCUT2D eigenvalue weighted by Gasteiger charge is -2.11. The quantitative estimate of drug-likeness (QED) is 0.441. The van der Waals surface area contributed by atoms with Crippen LogP contribution in [0.4, 0.5) is 5.69 Å². The molecule has 1 aromatic rings. The fraction of sp³-hybridized carbons (Fsp3) is 0.308. The van der Waals surface area contributed by atoms with E-state index in [1.54, 1.807) is 24.3 Å². The van der Waals surface area contributed by atoms with Crippen LogP contribution in [0.2, 0.25) is 0 Å². The predicted octanol–water partition coefficient (Wildman–Crippen LogP) is 1.20. The van der Waals surface area contributed by atoms with Gasteiger partial charge in [-0.2, -0.15) is 0 Å². The maximum absolute atomic E-state index is 11.4. The van der Waals surface area contributed by atoms with Gasteiger partial charge in [0.15, 0.2) is 5.11 Å². The second kappa shape index (κ2) is 6.33. The fourth-order valence-corrected chi connectivity index (χ4v) is 1.74. The third kappa shape index (κ3) is 3.92. The topological polar surface area (TPSA) is 79.5 Å². The van der Waals surface area contributed by atoms with Crippen molar-refractivity contribution in [3.63, 3.8) is 0 Å². The summed E-state index contributed by atoms with van der Waals surface area (Å²) in [5.74, 6) is -0.375. The van der Waals surface area contributed by atoms with Gasteiger partial charge >= 0.3 is 5.97 Å².